The van der Waals surface area contributed by atoms with Gasteiger partial charge in [0.15, 0.2) is 0 Å². The van der Waals surface area contributed by atoms with Crippen LogP contribution in [0.4, 0.5) is 0 Å². The summed E-state index contributed by atoms with van der Waals surface area (Å²) in [7, 11) is 1.55. The van der Waals surface area contributed by atoms with Crippen molar-refractivity contribution in [3.8, 4) is 5.88 Å². The Labute approximate surface area is 136 Å². The van der Waals surface area contributed by atoms with E-state index in [0.717, 1.165) is 28.8 Å². The van der Waals surface area contributed by atoms with Crippen LogP contribution >= 0.6 is 0 Å². The Kier molecular flexibility index (Phi) is 5.39. The van der Waals surface area contributed by atoms with Crippen LogP contribution in [0.25, 0.3) is 5.57 Å². The average Bonchev–Trinajstić information content (AvgIpc) is 2.52. The zero-order valence-corrected chi connectivity index (χ0v) is 13.6. The number of allylic oxidation sites excluding steroid dienone is 1. The smallest absolute Gasteiger partial charge is 0.218 e. The van der Waals surface area contributed by atoms with E-state index in [9.17, 15) is 4.91 Å². The molecule has 23 heavy (non-hydrogen) atoms. The van der Waals surface area contributed by atoms with Gasteiger partial charge < -0.3 is 10.5 Å². The summed E-state index contributed by atoms with van der Waals surface area (Å²) >= 11 is 0. The van der Waals surface area contributed by atoms with E-state index in [2.05, 4.69) is 21.7 Å². The summed E-state index contributed by atoms with van der Waals surface area (Å²) in [6.45, 7) is 5.87. The molecule has 1 aromatic heterocycles. The number of rotatable bonds is 7. The maximum atomic E-state index is 11.4. The van der Waals surface area contributed by atoms with Gasteiger partial charge in [0.1, 0.15) is 5.54 Å². The summed E-state index contributed by atoms with van der Waals surface area (Å²) in [4.78, 5) is 20.0. The maximum absolute atomic E-state index is 11.4. The number of nitrogens with zero attached hydrogens (tertiary/aromatic N) is 3. The second-order valence-corrected chi connectivity index (χ2v) is 5.51. The number of nitrogens with two attached hydrogens (primary N) is 1. The van der Waals surface area contributed by atoms with Gasteiger partial charge in [-0.05, 0) is 32.3 Å². The second kappa shape index (κ2) is 7.28. The van der Waals surface area contributed by atoms with Gasteiger partial charge in [0.2, 0.25) is 5.88 Å². The third-order valence-electron chi connectivity index (χ3n) is 4.21. The fraction of sp³-hybridized carbons (Fsp3) is 0.412. The molecule has 0 spiro atoms. The van der Waals surface area contributed by atoms with E-state index in [4.69, 9.17) is 10.5 Å². The summed E-state index contributed by atoms with van der Waals surface area (Å²) in [6.07, 6.45) is 7.46. The second-order valence-electron chi connectivity index (χ2n) is 5.51. The number of hydrogen-bond acceptors (Lipinski definition) is 6. The number of nitroso groups, excluding NO2 is 1. The molecule has 122 valence electrons. The number of pyridine rings is 1. The van der Waals surface area contributed by atoms with E-state index < -0.39 is 5.54 Å². The number of hydrogen-bond donors (Lipinski definition) is 1. The van der Waals surface area contributed by atoms with Crippen LogP contribution < -0.4 is 10.5 Å². The lowest BCUT2D eigenvalue weighted by molar-refractivity contribution is 0.241. The van der Waals surface area contributed by atoms with E-state index in [1.165, 1.54) is 6.20 Å². The van der Waals surface area contributed by atoms with Crippen molar-refractivity contribution in [3.63, 3.8) is 0 Å². The van der Waals surface area contributed by atoms with Crippen molar-refractivity contribution in [3.05, 3.63) is 47.2 Å². The van der Waals surface area contributed by atoms with Crippen molar-refractivity contribution in [1.82, 2.24) is 4.98 Å². The number of aromatic nitrogens is 1. The lowest BCUT2D eigenvalue weighted by atomic mass is 9.72. The SMILES string of the molecule is C=C/N=C(C)\C(=C/CN)c1cnc(OC)c(C2(N=O)CCC2)c1. The van der Waals surface area contributed by atoms with Crippen molar-refractivity contribution >= 4 is 11.3 Å². The van der Waals surface area contributed by atoms with E-state index in [1.807, 2.05) is 19.1 Å². The van der Waals surface area contributed by atoms with Crippen molar-refractivity contribution in [1.29, 1.82) is 0 Å². The van der Waals surface area contributed by atoms with E-state index in [0.29, 0.717) is 25.3 Å². The Morgan fingerprint density at radius 1 is 1.57 bits per heavy atom. The highest BCUT2D eigenvalue weighted by Crippen LogP contribution is 2.48. The first-order valence-corrected chi connectivity index (χ1v) is 7.57. The van der Waals surface area contributed by atoms with Crippen molar-refractivity contribution in [2.45, 2.75) is 31.7 Å². The third-order valence-corrected chi connectivity index (χ3v) is 4.21. The first kappa shape index (κ1) is 17.0. The molecule has 1 heterocycles. The molecule has 0 saturated heterocycles. The maximum Gasteiger partial charge on any atom is 0.218 e. The lowest BCUT2D eigenvalue weighted by Gasteiger charge is -2.35. The van der Waals surface area contributed by atoms with Crippen LogP contribution in [0.1, 0.15) is 37.3 Å². The number of ether oxygens (including phenoxy) is 1. The van der Waals surface area contributed by atoms with E-state index >= 15 is 0 Å². The van der Waals surface area contributed by atoms with Crippen molar-refractivity contribution < 1.29 is 4.74 Å². The van der Waals surface area contributed by atoms with Gasteiger partial charge in [-0.3, -0.25) is 4.99 Å². The first-order chi connectivity index (χ1) is 11.1. The zero-order chi connectivity index (χ0) is 16.9. The van der Waals surface area contributed by atoms with Crippen LogP contribution in [0.2, 0.25) is 0 Å². The molecule has 0 aliphatic heterocycles. The monoisotopic (exact) mass is 314 g/mol. The Morgan fingerprint density at radius 2 is 2.30 bits per heavy atom. The predicted molar refractivity (Wildman–Crippen MR) is 92.5 cm³/mol. The van der Waals surface area contributed by atoms with Crippen molar-refractivity contribution in [2.24, 2.45) is 15.9 Å². The summed E-state index contributed by atoms with van der Waals surface area (Å²) < 4.78 is 5.33. The average molecular weight is 314 g/mol. The third kappa shape index (κ3) is 3.22. The van der Waals surface area contributed by atoms with Gasteiger partial charge >= 0.3 is 0 Å². The molecule has 0 bridgehead atoms. The molecular weight excluding hydrogens is 292 g/mol. The van der Waals surface area contributed by atoms with Crippen LogP contribution in [-0.2, 0) is 5.54 Å². The van der Waals surface area contributed by atoms with Gasteiger partial charge in [-0.15, -0.1) is 4.91 Å². The summed E-state index contributed by atoms with van der Waals surface area (Å²) in [5.74, 6) is 0.443. The Hall–Kier alpha value is -2.34. The Balaban J connectivity index is 2.56. The molecule has 0 atom stereocenters. The van der Waals surface area contributed by atoms with Gasteiger partial charge in [-0.2, -0.15) is 0 Å². The highest BCUT2D eigenvalue weighted by Gasteiger charge is 2.43. The topological polar surface area (TPSA) is 89.9 Å². The minimum Gasteiger partial charge on any atom is -0.481 e. The van der Waals surface area contributed by atoms with Gasteiger partial charge in [-0.1, -0.05) is 17.8 Å². The van der Waals surface area contributed by atoms with Crippen LogP contribution in [0.5, 0.6) is 5.88 Å². The highest BCUT2D eigenvalue weighted by atomic mass is 16.5. The molecule has 6 heteroatoms. The molecule has 1 aliphatic carbocycles. The first-order valence-electron chi connectivity index (χ1n) is 7.57. The molecule has 6 nitrogen and oxygen atoms in total. The normalized spacial score (nSPS) is 17.3. The summed E-state index contributed by atoms with van der Waals surface area (Å²) in [5.41, 5.74) is 8.16. The predicted octanol–water partition coefficient (Wildman–Crippen LogP) is 3.18. The quantitative estimate of drug-likeness (QED) is 0.618. The minimum atomic E-state index is -0.730. The number of aliphatic imine (C=N–C) groups is 1. The lowest BCUT2D eigenvalue weighted by Crippen LogP contribution is -2.32. The van der Waals surface area contributed by atoms with Crippen molar-refractivity contribution in [2.75, 3.05) is 13.7 Å². The Morgan fingerprint density at radius 3 is 2.78 bits per heavy atom. The largest absolute Gasteiger partial charge is 0.481 e. The molecule has 0 amide bonds. The van der Waals surface area contributed by atoms with Crippen LogP contribution in [-0.4, -0.2) is 24.4 Å². The van der Waals surface area contributed by atoms with Gasteiger partial charge in [-0.25, -0.2) is 4.98 Å². The molecule has 2 rings (SSSR count). The van der Waals surface area contributed by atoms with E-state index in [1.54, 1.807) is 13.3 Å². The molecule has 1 saturated carbocycles. The van der Waals surface area contributed by atoms with E-state index in [-0.39, 0.29) is 0 Å². The fourth-order valence-electron chi connectivity index (χ4n) is 2.82. The molecule has 1 aromatic rings. The molecule has 2 N–H and O–H groups in total. The van der Waals surface area contributed by atoms with Crippen LogP contribution in [0.15, 0.2) is 41.3 Å². The fourth-order valence-corrected chi connectivity index (χ4v) is 2.82. The number of methoxy groups -OCH3 is 1. The standard InChI is InChI=1S/C17H22N4O2/c1-4-19-12(2)14(6-9-18)13-10-15(16(23-3)20-11-13)17(21-22)7-5-8-17/h4,6,10-11H,1,5,7-9,18H2,2-3H3/b14-6+,19-12-. The molecule has 1 fully saturated rings. The Bertz CT molecular complexity index is 661. The van der Waals surface area contributed by atoms with Gasteiger partial charge in [0.25, 0.3) is 0 Å². The van der Waals surface area contributed by atoms with Crippen LogP contribution in [0, 0.1) is 4.91 Å². The summed E-state index contributed by atoms with van der Waals surface area (Å²) in [5, 5.41) is 3.37. The zero-order valence-electron chi connectivity index (χ0n) is 13.6. The molecule has 0 aromatic carbocycles. The molecule has 0 unspecified atom stereocenters. The van der Waals surface area contributed by atoms with Crippen LogP contribution in [0.3, 0.4) is 0 Å². The highest BCUT2D eigenvalue weighted by molar-refractivity contribution is 6.22. The molecule has 0 radical (unpaired) electrons. The van der Waals surface area contributed by atoms with Gasteiger partial charge in [0.05, 0.1) is 7.11 Å². The summed E-state index contributed by atoms with van der Waals surface area (Å²) in [6, 6.07) is 1.91. The van der Waals surface area contributed by atoms with Gasteiger partial charge in [0, 0.05) is 41.4 Å². The molecular formula is C17H22N4O2. The minimum absolute atomic E-state index is 0.373. The molecule has 1 aliphatic rings.